The summed E-state index contributed by atoms with van der Waals surface area (Å²) in [5.74, 6) is 1.94. The van der Waals surface area contributed by atoms with E-state index in [2.05, 4.69) is 10.3 Å². The summed E-state index contributed by atoms with van der Waals surface area (Å²) in [6.45, 7) is 0. The van der Waals surface area contributed by atoms with E-state index in [0.29, 0.717) is 24.3 Å². The zero-order valence-corrected chi connectivity index (χ0v) is 17.2. The highest BCUT2D eigenvalue weighted by Gasteiger charge is 2.31. The van der Waals surface area contributed by atoms with Gasteiger partial charge in [0, 0.05) is 6.42 Å². The number of hydrogen-bond donors (Lipinski definition) is 1. The summed E-state index contributed by atoms with van der Waals surface area (Å²) in [6, 6.07) is 23.2. The lowest BCUT2D eigenvalue weighted by atomic mass is 10.1. The molecule has 1 unspecified atom stereocenters. The van der Waals surface area contributed by atoms with Gasteiger partial charge < -0.3 is 9.15 Å². The van der Waals surface area contributed by atoms with E-state index in [4.69, 9.17) is 9.15 Å². The van der Waals surface area contributed by atoms with E-state index in [9.17, 15) is 9.59 Å². The Morgan fingerprint density at radius 3 is 2.42 bits per heavy atom. The van der Waals surface area contributed by atoms with E-state index >= 15 is 0 Å². The van der Waals surface area contributed by atoms with E-state index < -0.39 is 5.25 Å². The lowest BCUT2D eigenvalue weighted by Gasteiger charge is -2.06. The number of oxazole rings is 1. The quantitative estimate of drug-likeness (QED) is 0.458. The van der Waals surface area contributed by atoms with Crippen LogP contribution >= 0.6 is 11.8 Å². The highest BCUT2D eigenvalue weighted by Crippen LogP contribution is 2.26. The maximum atomic E-state index is 11.8. The Hall–Kier alpha value is -3.58. The fraction of sp³-hybridized carbons (Fsp3) is 0.125. The van der Waals surface area contributed by atoms with Gasteiger partial charge in [0.1, 0.15) is 17.0 Å². The van der Waals surface area contributed by atoms with Gasteiger partial charge in [0.25, 0.3) is 5.24 Å². The zero-order valence-electron chi connectivity index (χ0n) is 16.4. The first-order valence-corrected chi connectivity index (χ1v) is 10.7. The first kappa shape index (κ1) is 19.4. The van der Waals surface area contributed by atoms with Gasteiger partial charge in [-0.05, 0) is 53.9 Å². The first-order chi connectivity index (χ1) is 15.1. The second-order valence-corrected chi connectivity index (χ2v) is 8.41. The molecule has 1 fully saturated rings. The molecule has 5 rings (SSSR count). The van der Waals surface area contributed by atoms with Crippen LogP contribution in [0.15, 0.2) is 77.2 Å². The first-order valence-electron chi connectivity index (χ1n) is 9.84. The van der Waals surface area contributed by atoms with Crippen molar-refractivity contribution in [3.05, 3.63) is 89.8 Å². The number of nitrogens with zero attached hydrogens (tertiary/aromatic N) is 1. The van der Waals surface area contributed by atoms with Crippen molar-refractivity contribution in [3.8, 4) is 11.5 Å². The number of carbonyl (C=O) groups is 2. The molecule has 7 heteroatoms. The Balaban J connectivity index is 1.27. The maximum absolute atomic E-state index is 11.8. The molecular weight excluding hydrogens is 412 g/mol. The maximum Gasteiger partial charge on any atom is 0.286 e. The number of para-hydroxylation sites is 1. The Kier molecular flexibility index (Phi) is 5.18. The van der Waals surface area contributed by atoms with Crippen molar-refractivity contribution in [2.24, 2.45) is 0 Å². The van der Waals surface area contributed by atoms with Gasteiger partial charge in [0.05, 0.1) is 5.25 Å². The number of hydrogen-bond acceptors (Lipinski definition) is 6. The smallest absolute Gasteiger partial charge is 0.286 e. The molecule has 0 aliphatic carbocycles. The van der Waals surface area contributed by atoms with Crippen LogP contribution in [0.1, 0.15) is 17.0 Å². The third-order valence-electron chi connectivity index (χ3n) is 4.94. The molecule has 1 atom stereocenters. The molecule has 0 bridgehead atoms. The number of fused-ring (bicyclic) bond motifs is 1. The third kappa shape index (κ3) is 4.46. The second kappa shape index (κ2) is 8.28. The summed E-state index contributed by atoms with van der Waals surface area (Å²) in [6.07, 6.45) is 1.04. The number of benzene rings is 3. The average molecular weight is 430 g/mol. The molecule has 0 spiro atoms. The Morgan fingerprint density at radius 2 is 1.68 bits per heavy atom. The molecule has 0 radical (unpaired) electrons. The Morgan fingerprint density at radius 1 is 0.935 bits per heavy atom. The minimum Gasteiger partial charge on any atom is -0.457 e. The van der Waals surface area contributed by atoms with Crippen LogP contribution in [0.25, 0.3) is 11.1 Å². The van der Waals surface area contributed by atoms with E-state index in [1.807, 2.05) is 72.8 Å². The number of amides is 2. The molecule has 154 valence electrons. The monoisotopic (exact) mass is 430 g/mol. The summed E-state index contributed by atoms with van der Waals surface area (Å²) in [5, 5.41) is 1.63. The van der Waals surface area contributed by atoms with Crippen LogP contribution in [-0.4, -0.2) is 21.4 Å². The molecule has 1 N–H and O–H groups in total. The molecule has 1 saturated heterocycles. The molecular formula is C24H18N2O4S. The predicted molar refractivity (Wildman–Crippen MR) is 118 cm³/mol. The van der Waals surface area contributed by atoms with Crippen molar-refractivity contribution in [1.29, 1.82) is 0 Å². The van der Waals surface area contributed by atoms with Gasteiger partial charge in [0.15, 0.2) is 11.5 Å². The number of carbonyl (C=O) groups excluding carboxylic acids is 2. The van der Waals surface area contributed by atoms with Crippen molar-refractivity contribution in [2.45, 2.75) is 18.1 Å². The SMILES string of the molecule is O=C1NC(=O)C(Cc2ccc3oc(Cc4ccc(Oc5ccccc5)cc4)nc3c2)S1. The lowest BCUT2D eigenvalue weighted by Crippen LogP contribution is -2.25. The summed E-state index contributed by atoms with van der Waals surface area (Å²) >= 11 is 1.03. The fourth-order valence-corrected chi connectivity index (χ4v) is 4.30. The van der Waals surface area contributed by atoms with Gasteiger partial charge in [-0.15, -0.1) is 0 Å². The highest BCUT2D eigenvalue weighted by molar-refractivity contribution is 8.15. The summed E-state index contributed by atoms with van der Waals surface area (Å²) in [7, 11) is 0. The van der Waals surface area contributed by atoms with Crippen molar-refractivity contribution >= 4 is 34.0 Å². The van der Waals surface area contributed by atoms with Crippen LogP contribution in [0.3, 0.4) is 0 Å². The Labute approximate surface area is 182 Å². The number of aromatic nitrogens is 1. The topological polar surface area (TPSA) is 81.4 Å². The van der Waals surface area contributed by atoms with Crippen molar-refractivity contribution in [1.82, 2.24) is 10.3 Å². The molecule has 1 aliphatic rings. The van der Waals surface area contributed by atoms with Gasteiger partial charge in [-0.1, -0.05) is 48.2 Å². The van der Waals surface area contributed by atoms with Crippen LogP contribution in [0.4, 0.5) is 4.79 Å². The molecule has 2 amide bonds. The summed E-state index contributed by atoms with van der Waals surface area (Å²) in [5.41, 5.74) is 3.44. The van der Waals surface area contributed by atoms with Gasteiger partial charge in [0.2, 0.25) is 5.91 Å². The van der Waals surface area contributed by atoms with Crippen LogP contribution in [-0.2, 0) is 17.6 Å². The summed E-state index contributed by atoms with van der Waals surface area (Å²) < 4.78 is 11.7. The van der Waals surface area contributed by atoms with Crippen LogP contribution < -0.4 is 10.1 Å². The zero-order chi connectivity index (χ0) is 21.2. The Bertz CT molecular complexity index is 1250. The average Bonchev–Trinajstić information content (AvgIpc) is 3.31. The minimum absolute atomic E-state index is 0.240. The van der Waals surface area contributed by atoms with Gasteiger partial charge in [-0.25, -0.2) is 4.98 Å². The van der Waals surface area contributed by atoms with Crippen molar-refractivity contribution < 1.29 is 18.7 Å². The number of imide groups is 1. The van der Waals surface area contributed by atoms with Gasteiger partial charge in [-0.3, -0.25) is 14.9 Å². The number of nitrogens with one attached hydrogen (secondary N) is 1. The molecule has 6 nitrogen and oxygen atoms in total. The van der Waals surface area contributed by atoms with Crippen LogP contribution in [0.2, 0.25) is 0 Å². The fourth-order valence-electron chi connectivity index (χ4n) is 3.44. The van der Waals surface area contributed by atoms with Crippen LogP contribution in [0.5, 0.6) is 11.5 Å². The number of rotatable bonds is 6. The molecule has 31 heavy (non-hydrogen) atoms. The number of ether oxygens (including phenoxy) is 1. The van der Waals surface area contributed by atoms with Crippen molar-refractivity contribution in [2.75, 3.05) is 0 Å². The molecule has 1 aromatic heterocycles. The third-order valence-corrected chi connectivity index (χ3v) is 5.92. The van der Waals surface area contributed by atoms with Crippen LogP contribution in [0, 0.1) is 0 Å². The normalized spacial score (nSPS) is 15.9. The molecule has 2 heterocycles. The standard InChI is InChI=1S/C24H18N2O4S/c27-23-21(31-24(28)26-23)13-16-8-11-20-19(12-16)25-22(30-20)14-15-6-9-18(10-7-15)29-17-4-2-1-3-5-17/h1-12,21H,13-14H2,(H,26,27,28). The van der Waals surface area contributed by atoms with E-state index in [-0.39, 0.29) is 11.1 Å². The minimum atomic E-state index is -0.395. The van der Waals surface area contributed by atoms with E-state index in [1.54, 1.807) is 0 Å². The molecule has 3 aromatic carbocycles. The van der Waals surface area contributed by atoms with Gasteiger partial charge in [-0.2, -0.15) is 0 Å². The largest absolute Gasteiger partial charge is 0.457 e. The van der Waals surface area contributed by atoms with E-state index in [1.165, 1.54) is 0 Å². The molecule has 1 aliphatic heterocycles. The second-order valence-electron chi connectivity index (χ2n) is 7.23. The highest BCUT2D eigenvalue weighted by atomic mass is 32.2. The van der Waals surface area contributed by atoms with Crippen molar-refractivity contribution in [3.63, 3.8) is 0 Å². The predicted octanol–water partition coefficient (Wildman–Crippen LogP) is 5.11. The summed E-state index contributed by atoms with van der Waals surface area (Å²) in [4.78, 5) is 27.7. The molecule has 4 aromatic rings. The lowest BCUT2D eigenvalue weighted by molar-refractivity contribution is -0.118. The number of thioether (sulfide) groups is 1. The van der Waals surface area contributed by atoms with E-state index in [0.717, 1.165) is 39.9 Å². The van der Waals surface area contributed by atoms with Gasteiger partial charge >= 0.3 is 0 Å². The molecule has 0 saturated carbocycles.